The monoisotopic (exact) mass is 306 g/mol. The molecule has 0 bridgehead atoms. The maximum absolute atomic E-state index is 13.1. The summed E-state index contributed by atoms with van der Waals surface area (Å²) in [5, 5.41) is 0. The first-order chi connectivity index (χ1) is 10.2. The van der Waals surface area contributed by atoms with Gasteiger partial charge in [-0.3, -0.25) is 4.79 Å². The van der Waals surface area contributed by atoms with E-state index in [-0.39, 0.29) is 11.8 Å². The van der Waals surface area contributed by atoms with E-state index in [0.717, 1.165) is 25.7 Å². The molecule has 0 aliphatic heterocycles. The molecule has 2 atom stereocenters. The Bertz CT molecular complexity index is 349. The average Bonchev–Trinajstić information content (AvgIpc) is 2.43. The molecular formula is C21H38O. The van der Waals surface area contributed by atoms with Gasteiger partial charge in [0, 0.05) is 11.8 Å². The van der Waals surface area contributed by atoms with E-state index >= 15 is 0 Å². The Morgan fingerprint density at radius 1 is 0.773 bits per heavy atom. The lowest BCUT2D eigenvalue weighted by molar-refractivity contribution is -0.124. The van der Waals surface area contributed by atoms with E-state index in [1.807, 2.05) is 0 Å². The fourth-order valence-corrected chi connectivity index (χ4v) is 2.75. The second-order valence-electron chi connectivity index (χ2n) is 7.61. The summed E-state index contributed by atoms with van der Waals surface area (Å²) in [5.41, 5.74) is 2.66. The lowest BCUT2D eigenvalue weighted by Crippen LogP contribution is -2.24. The molecule has 1 nitrogen and oxygen atoms in total. The molecule has 0 fully saturated rings. The minimum atomic E-state index is 0.0737. The first kappa shape index (κ1) is 21.1. The summed E-state index contributed by atoms with van der Waals surface area (Å²) in [6, 6.07) is 0. The molecule has 0 heterocycles. The zero-order valence-electron chi connectivity index (χ0n) is 16.2. The van der Waals surface area contributed by atoms with Crippen LogP contribution in [-0.4, -0.2) is 5.78 Å². The number of carbonyl (C=O) groups is 1. The quantitative estimate of drug-likeness (QED) is 0.416. The van der Waals surface area contributed by atoms with Crippen molar-refractivity contribution in [3.05, 3.63) is 23.3 Å². The molecule has 2 unspecified atom stereocenters. The summed E-state index contributed by atoms with van der Waals surface area (Å²) in [5.74, 6) is 1.66. The van der Waals surface area contributed by atoms with Crippen molar-refractivity contribution in [3.63, 3.8) is 0 Å². The molecule has 0 saturated carbocycles. The van der Waals surface area contributed by atoms with E-state index in [1.165, 1.54) is 11.1 Å². The third kappa shape index (κ3) is 8.56. The van der Waals surface area contributed by atoms with E-state index in [9.17, 15) is 4.79 Å². The number of Topliss-reactive ketones (excluding diaryl/α,β-unsaturated/α-hetero) is 1. The number of hydrogen-bond donors (Lipinski definition) is 0. The van der Waals surface area contributed by atoms with E-state index < -0.39 is 0 Å². The number of hydrogen-bond acceptors (Lipinski definition) is 1. The van der Waals surface area contributed by atoms with Gasteiger partial charge in [-0.15, -0.1) is 0 Å². The van der Waals surface area contributed by atoms with Crippen molar-refractivity contribution in [2.45, 2.75) is 81.1 Å². The third-order valence-corrected chi connectivity index (χ3v) is 4.27. The van der Waals surface area contributed by atoms with Gasteiger partial charge in [-0.2, -0.15) is 0 Å². The normalized spacial score (nSPS) is 16.3. The molecule has 0 saturated heterocycles. The van der Waals surface area contributed by atoms with Crippen LogP contribution < -0.4 is 0 Å². The highest BCUT2D eigenvalue weighted by atomic mass is 16.1. The topological polar surface area (TPSA) is 17.1 Å². The van der Waals surface area contributed by atoms with E-state index in [2.05, 4.69) is 67.5 Å². The highest BCUT2D eigenvalue weighted by Gasteiger charge is 2.25. The molecule has 0 aromatic carbocycles. The van der Waals surface area contributed by atoms with E-state index in [0.29, 0.717) is 17.6 Å². The standard InChI is InChI=1S/C21H38O/c1-9-17(7)13-19(11-15(3)4)21(22)20(12-16(5)6)14-18(8)10-2/h13-16,19-20H,9-12H2,1-8H3/b17-13-,18-14-. The Balaban J connectivity index is 5.40. The van der Waals surface area contributed by atoms with Gasteiger partial charge in [-0.25, -0.2) is 0 Å². The van der Waals surface area contributed by atoms with Gasteiger partial charge in [0.25, 0.3) is 0 Å². The van der Waals surface area contributed by atoms with Crippen LogP contribution in [0.15, 0.2) is 23.3 Å². The molecule has 0 aromatic rings. The minimum Gasteiger partial charge on any atom is -0.298 e. The van der Waals surface area contributed by atoms with Gasteiger partial charge in [0.1, 0.15) is 5.78 Å². The number of carbonyl (C=O) groups excluding carboxylic acids is 1. The summed E-state index contributed by atoms with van der Waals surface area (Å²) < 4.78 is 0. The van der Waals surface area contributed by atoms with Gasteiger partial charge < -0.3 is 0 Å². The van der Waals surface area contributed by atoms with Crippen LogP contribution in [0.25, 0.3) is 0 Å². The lowest BCUT2D eigenvalue weighted by atomic mass is 9.81. The molecule has 22 heavy (non-hydrogen) atoms. The number of rotatable bonds is 10. The molecule has 0 amide bonds. The van der Waals surface area contributed by atoms with Crippen molar-refractivity contribution in [3.8, 4) is 0 Å². The maximum atomic E-state index is 13.1. The smallest absolute Gasteiger partial charge is 0.146 e. The molecule has 0 aliphatic rings. The summed E-state index contributed by atoms with van der Waals surface area (Å²) in [6.07, 6.45) is 8.43. The number of allylic oxidation sites excluding steroid dienone is 4. The van der Waals surface area contributed by atoms with Gasteiger partial charge in [0.05, 0.1) is 0 Å². The largest absolute Gasteiger partial charge is 0.298 e. The maximum Gasteiger partial charge on any atom is 0.146 e. The van der Waals surface area contributed by atoms with Crippen molar-refractivity contribution in [1.29, 1.82) is 0 Å². The van der Waals surface area contributed by atoms with Crippen LogP contribution in [0.3, 0.4) is 0 Å². The fraction of sp³-hybridized carbons (Fsp3) is 0.762. The molecule has 0 aromatic heterocycles. The van der Waals surface area contributed by atoms with Crippen LogP contribution in [0.5, 0.6) is 0 Å². The first-order valence-electron chi connectivity index (χ1n) is 9.09. The van der Waals surface area contributed by atoms with Gasteiger partial charge in [-0.1, -0.05) is 64.8 Å². The van der Waals surface area contributed by atoms with Gasteiger partial charge in [0.2, 0.25) is 0 Å². The van der Waals surface area contributed by atoms with E-state index in [4.69, 9.17) is 0 Å². The van der Waals surface area contributed by atoms with Crippen LogP contribution in [0.4, 0.5) is 0 Å². The Labute approximate surface area is 139 Å². The summed E-state index contributed by atoms with van der Waals surface area (Å²) >= 11 is 0. The van der Waals surface area contributed by atoms with E-state index in [1.54, 1.807) is 0 Å². The molecular weight excluding hydrogens is 268 g/mol. The van der Waals surface area contributed by atoms with Crippen molar-refractivity contribution in [2.75, 3.05) is 0 Å². The molecule has 1 heteroatoms. The second kappa shape index (κ2) is 10.8. The van der Waals surface area contributed by atoms with Crippen LogP contribution in [0, 0.1) is 23.7 Å². The van der Waals surface area contributed by atoms with Crippen LogP contribution >= 0.6 is 0 Å². The zero-order valence-corrected chi connectivity index (χ0v) is 16.2. The van der Waals surface area contributed by atoms with Crippen molar-refractivity contribution < 1.29 is 4.79 Å². The zero-order chi connectivity index (χ0) is 17.3. The Hall–Kier alpha value is -0.850. The highest BCUT2D eigenvalue weighted by molar-refractivity contribution is 5.86. The molecule has 0 N–H and O–H groups in total. The number of ketones is 1. The average molecular weight is 307 g/mol. The van der Waals surface area contributed by atoms with Crippen molar-refractivity contribution >= 4 is 5.78 Å². The van der Waals surface area contributed by atoms with Crippen LogP contribution in [0.2, 0.25) is 0 Å². The van der Waals surface area contributed by atoms with Gasteiger partial charge >= 0.3 is 0 Å². The Morgan fingerprint density at radius 2 is 1.09 bits per heavy atom. The predicted octanol–water partition coefficient (Wildman–Crippen LogP) is 6.59. The first-order valence-corrected chi connectivity index (χ1v) is 9.09. The minimum absolute atomic E-state index is 0.0737. The summed E-state index contributed by atoms with van der Waals surface area (Å²) in [7, 11) is 0. The van der Waals surface area contributed by atoms with Crippen LogP contribution in [0.1, 0.15) is 81.1 Å². The second-order valence-corrected chi connectivity index (χ2v) is 7.61. The van der Waals surface area contributed by atoms with Gasteiger partial charge in [-0.05, 0) is 51.4 Å². The molecule has 0 aliphatic carbocycles. The SMILES string of the molecule is CC/C(C)=C\C(CC(C)C)C(=O)C(/C=C(/C)CC)CC(C)C. The summed E-state index contributed by atoms with van der Waals surface area (Å²) in [6.45, 7) is 17.4. The lowest BCUT2D eigenvalue weighted by Gasteiger charge is -2.22. The Morgan fingerprint density at radius 3 is 1.32 bits per heavy atom. The van der Waals surface area contributed by atoms with Crippen molar-refractivity contribution in [2.24, 2.45) is 23.7 Å². The predicted molar refractivity (Wildman–Crippen MR) is 99.0 cm³/mol. The Kier molecular flexibility index (Phi) is 10.4. The van der Waals surface area contributed by atoms with Crippen molar-refractivity contribution in [1.82, 2.24) is 0 Å². The molecule has 128 valence electrons. The summed E-state index contributed by atoms with van der Waals surface area (Å²) in [4.78, 5) is 13.1. The molecule has 0 spiro atoms. The fourth-order valence-electron chi connectivity index (χ4n) is 2.75. The molecule has 0 rings (SSSR count). The van der Waals surface area contributed by atoms with Crippen LogP contribution in [-0.2, 0) is 4.79 Å². The molecule has 0 radical (unpaired) electrons. The van der Waals surface area contributed by atoms with Gasteiger partial charge in [0.15, 0.2) is 0 Å². The highest BCUT2D eigenvalue weighted by Crippen LogP contribution is 2.26. The third-order valence-electron chi connectivity index (χ3n) is 4.27.